The molecular weight excluding hydrogens is 284 g/mol. The molecule has 0 spiro atoms. The summed E-state index contributed by atoms with van der Waals surface area (Å²) in [5.41, 5.74) is 0.373. The van der Waals surface area contributed by atoms with E-state index in [-0.39, 0.29) is 12.2 Å². The van der Waals surface area contributed by atoms with Crippen LogP contribution in [0.3, 0.4) is 0 Å². The summed E-state index contributed by atoms with van der Waals surface area (Å²) in [6.45, 7) is 4.63. The lowest BCUT2D eigenvalue weighted by atomic mass is 10.1. The molecule has 110 valence electrons. The zero-order chi connectivity index (χ0) is 15.3. The molecule has 0 saturated heterocycles. The molecule has 1 aromatic carbocycles. The van der Waals surface area contributed by atoms with Crippen molar-refractivity contribution in [2.75, 3.05) is 13.1 Å². The summed E-state index contributed by atoms with van der Waals surface area (Å²) in [4.78, 5) is 23.2. The largest absolute Gasteiger partial charge is 0.481 e. The number of halogens is 1. The Kier molecular flexibility index (Phi) is 5.91. The molecule has 1 N–H and O–H groups in total. The predicted octanol–water partition coefficient (Wildman–Crippen LogP) is 2.79. The first kappa shape index (κ1) is 16.4. The van der Waals surface area contributed by atoms with Gasteiger partial charge in [-0.25, -0.2) is 0 Å². The lowest BCUT2D eigenvalue weighted by molar-refractivity contribution is -0.385. The highest BCUT2D eigenvalue weighted by Gasteiger charge is 2.21. The number of nitro groups is 1. The molecule has 0 aromatic heterocycles. The molecule has 1 unspecified atom stereocenters. The monoisotopic (exact) mass is 300 g/mol. The van der Waals surface area contributed by atoms with Crippen LogP contribution in [0.15, 0.2) is 18.2 Å². The third-order valence-corrected chi connectivity index (χ3v) is 3.43. The van der Waals surface area contributed by atoms with Crippen molar-refractivity contribution >= 4 is 23.3 Å². The van der Waals surface area contributed by atoms with Gasteiger partial charge in [0.25, 0.3) is 5.69 Å². The van der Waals surface area contributed by atoms with Gasteiger partial charge < -0.3 is 5.11 Å². The standard InChI is InChI=1S/C13H17ClN2O4/c1-3-15(7-9(2)13(17)18)8-10-11(14)5-4-6-12(10)16(19)20/h4-6,9H,3,7-8H2,1-2H3,(H,17,18). The van der Waals surface area contributed by atoms with Gasteiger partial charge in [-0.3, -0.25) is 19.8 Å². The molecule has 20 heavy (non-hydrogen) atoms. The highest BCUT2D eigenvalue weighted by molar-refractivity contribution is 6.31. The lowest BCUT2D eigenvalue weighted by Crippen LogP contribution is -2.31. The van der Waals surface area contributed by atoms with Gasteiger partial charge in [-0.2, -0.15) is 0 Å². The van der Waals surface area contributed by atoms with E-state index in [2.05, 4.69) is 0 Å². The maximum Gasteiger partial charge on any atom is 0.307 e. The Morgan fingerprint density at radius 1 is 1.55 bits per heavy atom. The molecule has 1 atom stereocenters. The van der Waals surface area contributed by atoms with E-state index >= 15 is 0 Å². The third kappa shape index (κ3) is 4.18. The first-order valence-corrected chi connectivity index (χ1v) is 6.61. The summed E-state index contributed by atoms with van der Waals surface area (Å²) in [6.07, 6.45) is 0. The van der Waals surface area contributed by atoms with E-state index in [1.807, 2.05) is 11.8 Å². The van der Waals surface area contributed by atoms with Gasteiger partial charge in [0.2, 0.25) is 0 Å². The minimum atomic E-state index is -0.892. The fourth-order valence-corrected chi connectivity index (χ4v) is 2.10. The molecule has 0 radical (unpaired) electrons. The van der Waals surface area contributed by atoms with Crippen molar-refractivity contribution in [2.45, 2.75) is 20.4 Å². The molecule has 0 bridgehead atoms. The van der Waals surface area contributed by atoms with Gasteiger partial charge in [-0.1, -0.05) is 31.5 Å². The zero-order valence-electron chi connectivity index (χ0n) is 11.4. The van der Waals surface area contributed by atoms with E-state index in [4.69, 9.17) is 16.7 Å². The van der Waals surface area contributed by atoms with Gasteiger partial charge in [0.1, 0.15) is 0 Å². The smallest absolute Gasteiger partial charge is 0.307 e. The van der Waals surface area contributed by atoms with E-state index in [1.54, 1.807) is 13.0 Å². The van der Waals surface area contributed by atoms with Gasteiger partial charge in [0.15, 0.2) is 0 Å². The Bertz CT molecular complexity index is 507. The van der Waals surface area contributed by atoms with Crippen molar-refractivity contribution in [3.8, 4) is 0 Å². The summed E-state index contributed by atoms with van der Waals surface area (Å²) in [7, 11) is 0. The minimum absolute atomic E-state index is 0.0427. The van der Waals surface area contributed by atoms with E-state index in [1.165, 1.54) is 12.1 Å². The number of carbonyl (C=O) groups is 1. The van der Waals surface area contributed by atoms with Gasteiger partial charge in [0.05, 0.1) is 21.4 Å². The average Bonchev–Trinajstić information content (AvgIpc) is 2.39. The molecular formula is C13H17ClN2O4. The van der Waals surface area contributed by atoms with Crippen molar-refractivity contribution in [1.29, 1.82) is 0 Å². The van der Waals surface area contributed by atoms with Gasteiger partial charge >= 0.3 is 5.97 Å². The summed E-state index contributed by atoms with van der Waals surface area (Å²) in [5.74, 6) is -1.44. The summed E-state index contributed by atoms with van der Waals surface area (Å²) >= 11 is 6.03. The van der Waals surface area contributed by atoms with Crippen LogP contribution in [0.4, 0.5) is 5.69 Å². The summed E-state index contributed by atoms with van der Waals surface area (Å²) < 4.78 is 0. The molecule has 0 fully saturated rings. The number of hydrogen-bond donors (Lipinski definition) is 1. The number of hydrogen-bond acceptors (Lipinski definition) is 4. The topological polar surface area (TPSA) is 83.7 Å². The van der Waals surface area contributed by atoms with Gasteiger partial charge in [-0.15, -0.1) is 0 Å². The second-order valence-electron chi connectivity index (χ2n) is 4.56. The fourth-order valence-electron chi connectivity index (χ4n) is 1.87. The average molecular weight is 301 g/mol. The van der Waals surface area contributed by atoms with Crippen LogP contribution in [0.5, 0.6) is 0 Å². The van der Waals surface area contributed by atoms with Crippen LogP contribution in [-0.2, 0) is 11.3 Å². The van der Waals surface area contributed by atoms with Gasteiger partial charge in [-0.05, 0) is 12.6 Å². The molecule has 0 aliphatic carbocycles. The third-order valence-electron chi connectivity index (χ3n) is 3.07. The number of nitro benzene ring substituents is 1. The normalized spacial score (nSPS) is 12.4. The van der Waals surface area contributed by atoms with Crippen molar-refractivity contribution in [1.82, 2.24) is 4.90 Å². The van der Waals surface area contributed by atoms with Crippen molar-refractivity contribution in [3.63, 3.8) is 0 Å². The Morgan fingerprint density at radius 3 is 2.70 bits per heavy atom. The number of carboxylic acids is 1. The number of benzene rings is 1. The molecule has 0 heterocycles. The lowest BCUT2D eigenvalue weighted by Gasteiger charge is -2.22. The molecule has 1 rings (SSSR count). The van der Waals surface area contributed by atoms with Crippen LogP contribution in [0.25, 0.3) is 0 Å². The second-order valence-corrected chi connectivity index (χ2v) is 4.97. The van der Waals surface area contributed by atoms with Crippen LogP contribution < -0.4 is 0 Å². The van der Waals surface area contributed by atoms with Crippen LogP contribution in [0.2, 0.25) is 5.02 Å². The SMILES string of the molecule is CCN(Cc1c(Cl)cccc1[N+](=O)[O-])CC(C)C(=O)O. The van der Waals surface area contributed by atoms with Crippen LogP contribution in [0.1, 0.15) is 19.4 Å². The Labute approximate surface area is 122 Å². The maximum atomic E-state index is 11.0. The predicted molar refractivity (Wildman–Crippen MR) is 75.9 cm³/mol. The van der Waals surface area contributed by atoms with E-state index in [0.717, 1.165) is 0 Å². The Hall–Kier alpha value is -1.66. The molecule has 0 aliphatic rings. The minimum Gasteiger partial charge on any atom is -0.481 e. The van der Waals surface area contributed by atoms with E-state index < -0.39 is 16.8 Å². The van der Waals surface area contributed by atoms with Gasteiger partial charge in [0, 0.05) is 19.2 Å². The summed E-state index contributed by atoms with van der Waals surface area (Å²) in [5, 5.41) is 20.3. The van der Waals surface area contributed by atoms with E-state index in [0.29, 0.717) is 23.7 Å². The molecule has 0 saturated carbocycles. The highest BCUT2D eigenvalue weighted by Crippen LogP contribution is 2.27. The number of aliphatic carboxylic acids is 1. The van der Waals surface area contributed by atoms with Crippen LogP contribution in [0, 0.1) is 16.0 Å². The first-order valence-electron chi connectivity index (χ1n) is 6.23. The van der Waals surface area contributed by atoms with Crippen LogP contribution >= 0.6 is 11.6 Å². The molecule has 6 nitrogen and oxygen atoms in total. The second kappa shape index (κ2) is 7.21. The Balaban J connectivity index is 2.95. The first-order chi connectivity index (χ1) is 9.36. The van der Waals surface area contributed by atoms with Crippen molar-refractivity contribution in [3.05, 3.63) is 38.9 Å². The van der Waals surface area contributed by atoms with Crippen molar-refractivity contribution < 1.29 is 14.8 Å². The molecule has 7 heteroatoms. The molecule has 0 aliphatic heterocycles. The zero-order valence-corrected chi connectivity index (χ0v) is 12.1. The van der Waals surface area contributed by atoms with Crippen molar-refractivity contribution in [2.24, 2.45) is 5.92 Å². The van der Waals surface area contributed by atoms with E-state index in [9.17, 15) is 14.9 Å². The molecule has 0 amide bonds. The Morgan fingerprint density at radius 2 is 2.20 bits per heavy atom. The maximum absolute atomic E-state index is 11.0. The number of nitrogens with zero attached hydrogens (tertiary/aromatic N) is 2. The highest BCUT2D eigenvalue weighted by atomic mass is 35.5. The number of rotatable bonds is 7. The fraction of sp³-hybridized carbons (Fsp3) is 0.462. The summed E-state index contributed by atoms with van der Waals surface area (Å²) in [6, 6.07) is 4.52. The van der Waals surface area contributed by atoms with Crippen LogP contribution in [-0.4, -0.2) is 34.0 Å². The molecule has 1 aromatic rings. The number of carboxylic acid groups (broad SMARTS) is 1. The quantitative estimate of drug-likeness (QED) is 0.618.